The van der Waals surface area contributed by atoms with Crippen LogP contribution in [0.25, 0.3) is 22.8 Å². The van der Waals surface area contributed by atoms with Crippen molar-refractivity contribution in [1.82, 2.24) is 20.1 Å². The SMILES string of the molecule is Cc1ccncc1-c1noc(-c2ccncc2N)n1. The molecule has 0 aliphatic carbocycles. The van der Waals surface area contributed by atoms with Crippen LogP contribution in [-0.2, 0) is 0 Å². The minimum atomic E-state index is 0.373. The van der Waals surface area contributed by atoms with Crippen molar-refractivity contribution < 1.29 is 4.52 Å². The molecular formula is C13H11N5O. The Morgan fingerprint density at radius 1 is 1.05 bits per heavy atom. The van der Waals surface area contributed by atoms with Gasteiger partial charge in [-0.25, -0.2) is 0 Å². The van der Waals surface area contributed by atoms with Crippen molar-refractivity contribution in [2.24, 2.45) is 0 Å². The van der Waals surface area contributed by atoms with Gasteiger partial charge in [-0.15, -0.1) is 0 Å². The molecule has 0 saturated heterocycles. The van der Waals surface area contributed by atoms with Crippen molar-refractivity contribution in [1.29, 1.82) is 0 Å². The van der Waals surface area contributed by atoms with E-state index in [0.29, 0.717) is 23.0 Å². The van der Waals surface area contributed by atoms with E-state index in [-0.39, 0.29) is 0 Å². The molecule has 3 aromatic heterocycles. The van der Waals surface area contributed by atoms with Crippen LogP contribution in [0.2, 0.25) is 0 Å². The predicted molar refractivity (Wildman–Crippen MR) is 69.9 cm³/mol. The lowest BCUT2D eigenvalue weighted by Gasteiger charge is -1.98. The first kappa shape index (κ1) is 11.3. The fourth-order valence-electron chi connectivity index (χ4n) is 1.74. The first-order chi connectivity index (χ1) is 9.25. The zero-order chi connectivity index (χ0) is 13.2. The molecule has 0 aliphatic rings. The van der Waals surface area contributed by atoms with Crippen LogP contribution in [0, 0.1) is 6.92 Å². The highest BCUT2D eigenvalue weighted by molar-refractivity contribution is 5.70. The van der Waals surface area contributed by atoms with Crippen molar-refractivity contribution in [3.05, 3.63) is 42.5 Å². The van der Waals surface area contributed by atoms with E-state index >= 15 is 0 Å². The maximum Gasteiger partial charge on any atom is 0.260 e. The molecule has 19 heavy (non-hydrogen) atoms. The molecule has 0 amide bonds. The van der Waals surface area contributed by atoms with Crippen LogP contribution in [0.3, 0.4) is 0 Å². The van der Waals surface area contributed by atoms with Gasteiger partial charge in [0, 0.05) is 24.2 Å². The van der Waals surface area contributed by atoms with Crippen molar-refractivity contribution in [2.45, 2.75) is 6.92 Å². The minimum Gasteiger partial charge on any atom is -0.397 e. The van der Waals surface area contributed by atoms with E-state index in [1.807, 2.05) is 13.0 Å². The quantitative estimate of drug-likeness (QED) is 0.751. The smallest absolute Gasteiger partial charge is 0.260 e. The molecular weight excluding hydrogens is 242 g/mol. The van der Waals surface area contributed by atoms with Gasteiger partial charge in [0.05, 0.1) is 17.4 Å². The van der Waals surface area contributed by atoms with Gasteiger partial charge in [-0.1, -0.05) is 5.16 Å². The van der Waals surface area contributed by atoms with Gasteiger partial charge in [-0.05, 0) is 24.6 Å². The monoisotopic (exact) mass is 253 g/mol. The first-order valence-electron chi connectivity index (χ1n) is 5.70. The highest BCUT2D eigenvalue weighted by Gasteiger charge is 2.14. The van der Waals surface area contributed by atoms with Gasteiger partial charge < -0.3 is 10.3 Å². The first-order valence-corrected chi connectivity index (χ1v) is 5.70. The third-order valence-electron chi connectivity index (χ3n) is 2.79. The Balaban J connectivity index is 2.06. The maximum absolute atomic E-state index is 5.83. The van der Waals surface area contributed by atoms with Crippen LogP contribution in [0.1, 0.15) is 5.56 Å². The summed E-state index contributed by atoms with van der Waals surface area (Å²) < 4.78 is 5.24. The third-order valence-corrected chi connectivity index (χ3v) is 2.79. The lowest BCUT2D eigenvalue weighted by atomic mass is 10.1. The average Bonchev–Trinajstić information content (AvgIpc) is 2.89. The number of pyridine rings is 2. The second kappa shape index (κ2) is 4.49. The third kappa shape index (κ3) is 2.03. The lowest BCUT2D eigenvalue weighted by Crippen LogP contribution is -1.91. The number of nitrogen functional groups attached to an aromatic ring is 1. The summed E-state index contributed by atoms with van der Waals surface area (Å²) in [4.78, 5) is 12.3. The summed E-state index contributed by atoms with van der Waals surface area (Å²) in [7, 11) is 0. The number of nitrogens with two attached hydrogens (primary N) is 1. The fourth-order valence-corrected chi connectivity index (χ4v) is 1.74. The zero-order valence-corrected chi connectivity index (χ0v) is 10.2. The number of hydrogen-bond donors (Lipinski definition) is 1. The number of aryl methyl sites for hydroxylation is 1. The Kier molecular flexibility index (Phi) is 2.68. The Morgan fingerprint density at radius 3 is 2.63 bits per heavy atom. The molecule has 6 heteroatoms. The van der Waals surface area contributed by atoms with Crippen molar-refractivity contribution in [3.8, 4) is 22.8 Å². The van der Waals surface area contributed by atoms with Gasteiger partial charge in [0.1, 0.15) is 0 Å². The molecule has 0 aromatic carbocycles. The maximum atomic E-state index is 5.83. The molecule has 0 radical (unpaired) electrons. The molecule has 0 aliphatic heterocycles. The van der Waals surface area contributed by atoms with Crippen molar-refractivity contribution in [2.75, 3.05) is 5.73 Å². The van der Waals surface area contributed by atoms with E-state index in [9.17, 15) is 0 Å². The fraction of sp³-hybridized carbons (Fsp3) is 0.0769. The Hall–Kier alpha value is -2.76. The molecule has 3 heterocycles. The standard InChI is InChI=1S/C13H11N5O/c1-8-2-4-15-6-10(8)12-17-13(19-18-12)9-3-5-16-7-11(9)14/h2-7H,14H2,1H3. The number of nitrogens with zero attached hydrogens (tertiary/aromatic N) is 4. The van der Waals surface area contributed by atoms with Crippen LogP contribution in [0.5, 0.6) is 0 Å². The van der Waals surface area contributed by atoms with E-state index < -0.39 is 0 Å². The van der Waals surface area contributed by atoms with E-state index in [4.69, 9.17) is 10.3 Å². The molecule has 0 fully saturated rings. The Labute approximate surface area is 109 Å². The second-order valence-electron chi connectivity index (χ2n) is 4.08. The van der Waals surface area contributed by atoms with Gasteiger partial charge in [0.25, 0.3) is 5.89 Å². The topological polar surface area (TPSA) is 90.7 Å². The van der Waals surface area contributed by atoms with Gasteiger partial charge >= 0.3 is 0 Å². The van der Waals surface area contributed by atoms with Gasteiger partial charge in [0.2, 0.25) is 5.82 Å². The number of anilines is 1. The summed E-state index contributed by atoms with van der Waals surface area (Å²) >= 11 is 0. The van der Waals surface area contributed by atoms with Gasteiger partial charge in [-0.2, -0.15) is 4.98 Å². The lowest BCUT2D eigenvalue weighted by molar-refractivity contribution is 0.432. The molecule has 3 aromatic rings. The second-order valence-corrected chi connectivity index (χ2v) is 4.08. The summed E-state index contributed by atoms with van der Waals surface area (Å²) in [5, 5.41) is 3.96. The summed E-state index contributed by atoms with van der Waals surface area (Å²) in [6, 6.07) is 3.63. The van der Waals surface area contributed by atoms with Crippen LogP contribution >= 0.6 is 0 Å². The summed E-state index contributed by atoms with van der Waals surface area (Å²) in [5.41, 5.74) is 8.88. The summed E-state index contributed by atoms with van der Waals surface area (Å²) in [6.07, 6.45) is 6.61. The molecule has 0 atom stereocenters. The van der Waals surface area contributed by atoms with Crippen molar-refractivity contribution in [3.63, 3.8) is 0 Å². The molecule has 94 valence electrons. The molecule has 0 saturated carbocycles. The molecule has 3 rings (SSSR count). The van der Waals surface area contributed by atoms with Crippen LogP contribution in [0.4, 0.5) is 5.69 Å². The van der Waals surface area contributed by atoms with E-state index in [1.165, 1.54) is 0 Å². The normalized spacial score (nSPS) is 10.6. The highest BCUT2D eigenvalue weighted by Crippen LogP contribution is 2.26. The number of rotatable bonds is 2. The van der Waals surface area contributed by atoms with Crippen LogP contribution in [0.15, 0.2) is 41.4 Å². The van der Waals surface area contributed by atoms with Crippen molar-refractivity contribution >= 4 is 5.69 Å². The largest absolute Gasteiger partial charge is 0.397 e. The zero-order valence-electron chi connectivity index (χ0n) is 10.2. The number of aromatic nitrogens is 4. The summed E-state index contributed by atoms with van der Waals surface area (Å²) in [5.74, 6) is 0.870. The average molecular weight is 253 g/mol. The van der Waals surface area contributed by atoms with Gasteiger partial charge in [0.15, 0.2) is 0 Å². The van der Waals surface area contributed by atoms with E-state index in [1.54, 1.807) is 30.9 Å². The molecule has 0 unspecified atom stereocenters. The molecule has 2 N–H and O–H groups in total. The Morgan fingerprint density at radius 2 is 1.84 bits per heavy atom. The van der Waals surface area contributed by atoms with Crippen LogP contribution < -0.4 is 5.73 Å². The van der Waals surface area contributed by atoms with E-state index in [0.717, 1.165) is 11.1 Å². The summed E-state index contributed by atoms with van der Waals surface area (Å²) in [6.45, 7) is 1.97. The molecule has 0 spiro atoms. The Bertz CT molecular complexity index is 662. The molecule has 6 nitrogen and oxygen atoms in total. The minimum absolute atomic E-state index is 0.373. The highest BCUT2D eigenvalue weighted by atomic mass is 16.5. The predicted octanol–water partition coefficient (Wildman–Crippen LogP) is 2.08. The number of hydrogen-bond acceptors (Lipinski definition) is 6. The molecule has 0 bridgehead atoms. The van der Waals surface area contributed by atoms with Crippen LogP contribution in [-0.4, -0.2) is 20.1 Å². The van der Waals surface area contributed by atoms with E-state index in [2.05, 4.69) is 20.1 Å². The van der Waals surface area contributed by atoms with Gasteiger partial charge in [-0.3, -0.25) is 9.97 Å².